The van der Waals surface area contributed by atoms with E-state index in [0.29, 0.717) is 11.8 Å². The Balaban J connectivity index is 1.89. The zero-order valence-corrected chi connectivity index (χ0v) is 11.6. The van der Waals surface area contributed by atoms with Crippen molar-refractivity contribution in [1.29, 1.82) is 0 Å². The van der Waals surface area contributed by atoms with Gasteiger partial charge in [0.05, 0.1) is 5.56 Å². The highest BCUT2D eigenvalue weighted by Gasteiger charge is 2.18. The molecule has 2 heterocycles. The number of aryl methyl sites for hydroxylation is 1. The van der Waals surface area contributed by atoms with E-state index in [-0.39, 0.29) is 0 Å². The molecule has 0 aliphatic carbocycles. The van der Waals surface area contributed by atoms with Crippen molar-refractivity contribution in [3.63, 3.8) is 0 Å². The average molecular weight is 286 g/mol. The Morgan fingerprint density at radius 1 is 1.05 bits per heavy atom. The molecule has 100 valence electrons. The van der Waals surface area contributed by atoms with Crippen LogP contribution in [0.15, 0.2) is 53.1 Å². The number of rotatable bonds is 3. The molecule has 0 spiro atoms. The molecule has 20 heavy (non-hydrogen) atoms. The van der Waals surface area contributed by atoms with E-state index in [4.69, 9.17) is 16.0 Å². The van der Waals surface area contributed by atoms with Gasteiger partial charge in [-0.25, -0.2) is 0 Å². The van der Waals surface area contributed by atoms with Crippen LogP contribution in [0, 0.1) is 6.92 Å². The molecular weight excluding hydrogens is 274 g/mol. The fraction of sp³-hybridized carbons (Fsp3) is 0.133. The summed E-state index contributed by atoms with van der Waals surface area (Å²) < 4.78 is 5.63. The summed E-state index contributed by atoms with van der Waals surface area (Å²) in [7, 11) is 0. The van der Waals surface area contributed by atoms with E-state index < -0.39 is 5.38 Å². The Morgan fingerprint density at radius 2 is 1.85 bits per heavy atom. The van der Waals surface area contributed by atoms with Gasteiger partial charge in [-0.3, -0.25) is 4.98 Å². The summed E-state index contributed by atoms with van der Waals surface area (Å²) >= 11 is 6.35. The van der Waals surface area contributed by atoms with E-state index in [1.165, 1.54) is 0 Å². The molecule has 0 radical (unpaired) electrons. The summed E-state index contributed by atoms with van der Waals surface area (Å²) in [6.07, 6.45) is 1.71. The minimum absolute atomic E-state index is 0.383. The van der Waals surface area contributed by atoms with Gasteiger partial charge in [0.2, 0.25) is 11.8 Å². The maximum absolute atomic E-state index is 6.35. The van der Waals surface area contributed by atoms with E-state index in [9.17, 15) is 0 Å². The molecule has 5 heteroatoms. The number of alkyl halides is 1. The lowest BCUT2D eigenvalue weighted by Gasteiger charge is -2.03. The number of nitrogens with zero attached hydrogens (tertiary/aromatic N) is 3. The first-order chi connectivity index (χ1) is 9.74. The number of hydrogen-bond acceptors (Lipinski definition) is 4. The summed E-state index contributed by atoms with van der Waals surface area (Å²) in [6, 6.07) is 13.4. The molecule has 0 bridgehead atoms. The molecule has 1 aromatic carbocycles. The second kappa shape index (κ2) is 5.43. The second-order valence-electron chi connectivity index (χ2n) is 4.41. The third-order valence-corrected chi connectivity index (χ3v) is 3.35. The highest BCUT2D eigenvalue weighted by Crippen LogP contribution is 2.29. The lowest BCUT2D eigenvalue weighted by atomic mass is 10.1. The van der Waals surface area contributed by atoms with Crippen LogP contribution in [0.3, 0.4) is 0 Å². The molecule has 0 aliphatic heterocycles. The van der Waals surface area contributed by atoms with Gasteiger partial charge in [-0.2, -0.15) is 0 Å². The number of benzene rings is 1. The fourth-order valence-electron chi connectivity index (χ4n) is 1.81. The van der Waals surface area contributed by atoms with Gasteiger partial charge in [-0.15, -0.1) is 21.8 Å². The lowest BCUT2D eigenvalue weighted by molar-refractivity contribution is 0.513. The molecular formula is C15H12ClN3O. The van der Waals surface area contributed by atoms with Crippen molar-refractivity contribution in [2.75, 3.05) is 0 Å². The zero-order valence-electron chi connectivity index (χ0n) is 10.8. The number of halogens is 1. The predicted octanol–water partition coefficient (Wildman–Crippen LogP) is 3.77. The normalized spacial score (nSPS) is 12.3. The average Bonchev–Trinajstić information content (AvgIpc) is 2.98. The van der Waals surface area contributed by atoms with Gasteiger partial charge in [0.15, 0.2) is 0 Å². The van der Waals surface area contributed by atoms with Gasteiger partial charge in [0, 0.05) is 11.9 Å². The summed E-state index contributed by atoms with van der Waals surface area (Å²) in [4.78, 5) is 4.21. The molecule has 2 aromatic heterocycles. The molecule has 0 saturated heterocycles. The number of aromatic nitrogens is 3. The van der Waals surface area contributed by atoms with Crippen molar-refractivity contribution >= 4 is 11.6 Å². The minimum atomic E-state index is -0.448. The predicted molar refractivity (Wildman–Crippen MR) is 76.4 cm³/mol. The smallest absolute Gasteiger partial charge is 0.249 e. The Kier molecular flexibility index (Phi) is 3.48. The largest absolute Gasteiger partial charge is 0.419 e. The standard InChI is InChI=1S/C15H12ClN3O/c1-10-7-8-12(9-17-10)14-18-19-15(20-14)13(16)11-5-3-2-4-6-11/h2-9,13H,1H3. The summed E-state index contributed by atoms with van der Waals surface area (Å²) in [5, 5.41) is 7.59. The SMILES string of the molecule is Cc1ccc(-c2nnc(C(Cl)c3ccccc3)o2)cn1. The van der Waals surface area contributed by atoms with Crippen LogP contribution in [0.1, 0.15) is 22.5 Å². The van der Waals surface area contributed by atoms with Gasteiger partial charge in [-0.05, 0) is 24.6 Å². The molecule has 0 fully saturated rings. The second-order valence-corrected chi connectivity index (χ2v) is 4.84. The maximum atomic E-state index is 6.35. The van der Waals surface area contributed by atoms with Crippen molar-refractivity contribution < 1.29 is 4.42 Å². The van der Waals surface area contributed by atoms with E-state index in [2.05, 4.69) is 15.2 Å². The Morgan fingerprint density at radius 3 is 2.55 bits per heavy atom. The number of pyridine rings is 1. The van der Waals surface area contributed by atoms with Crippen LogP contribution in [-0.4, -0.2) is 15.2 Å². The van der Waals surface area contributed by atoms with Gasteiger partial charge < -0.3 is 4.42 Å². The quantitative estimate of drug-likeness (QED) is 0.687. The molecule has 0 saturated carbocycles. The van der Waals surface area contributed by atoms with Crippen LogP contribution in [0.25, 0.3) is 11.5 Å². The molecule has 3 rings (SSSR count). The van der Waals surface area contributed by atoms with Crippen molar-refractivity contribution in [2.24, 2.45) is 0 Å². The molecule has 4 nitrogen and oxygen atoms in total. The summed E-state index contributed by atoms with van der Waals surface area (Å²) in [5.41, 5.74) is 2.64. The van der Waals surface area contributed by atoms with E-state index >= 15 is 0 Å². The minimum Gasteiger partial charge on any atom is -0.419 e. The Bertz CT molecular complexity index is 695. The number of hydrogen-bond donors (Lipinski definition) is 0. The molecule has 1 atom stereocenters. The lowest BCUT2D eigenvalue weighted by Crippen LogP contribution is -1.92. The highest BCUT2D eigenvalue weighted by atomic mass is 35.5. The Hall–Kier alpha value is -2.20. The van der Waals surface area contributed by atoms with Crippen molar-refractivity contribution in [3.05, 3.63) is 65.8 Å². The molecule has 0 aliphatic rings. The van der Waals surface area contributed by atoms with E-state index in [1.807, 2.05) is 49.4 Å². The first kappa shape index (κ1) is 12.8. The van der Waals surface area contributed by atoms with Crippen LogP contribution in [0.5, 0.6) is 0 Å². The van der Waals surface area contributed by atoms with Crippen LogP contribution in [-0.2, 0) is 0 Å². The molecule has 1 unspecified atom stereocenters. The van der Waals surface area contributed by atoms with E-state index in [0.717, 1.165) is 16.8 Å². The summed E-state index contributed by atoms with van der Waals surface area (Å²) in [5.74, 6) is 0.808. The van der Waals surface area contributed by atoms with Crippen LogP contribution in [0.4, 0.5) is 0 Å². The van der Waals surface area contributed by atoms with Crippen molar-refractivity contribution in [2.45, 2.75) is 12.3 Å². The fourth-order valence-corrected chi connectivity index (χ4v) is 2.05. The Labute approximate surface area is 121 Å². The maximum Gasteiger partial charge on any atom is 0.249 e. The van der Waals surface area contributed by atoms with Crippen molar-refractivity contribution in [3.8, 4) is 11.5 Å². The third-order valence-electron chi connectivity index (χ3n) is 2.91. The highest BCUT2D eigenvalue weighted by molar-refractivity contribution is 6.22. The van der Waals surface area contributed by atoms with Crippen LogP contribution >= 0.6 is 11.6 Å². The first-order valence-corrected chi connectivity index (χ1v) is 6.63. The van der Waals surface area contributed by atoms with Gasteiger partial charge in [0.25, 0.3) is 0 Å². The monoisotopic (exact) mass is 285 g/mol. The van der Waals surface area contributed by atoms with Crippen molar-refractivity contribution in [1.82, 2.24) is 15.2 Å². The molecule has 0 amide bonds. The van der Waals surface area contributed by atoms with Gasteiger partial charge in [0.1, 0.15) is 5.38 Å². The van der Waals surface area contributed by atoms with Crippen LogP contribution < -0.4 is 0 Å². The van der Waals surface area contributed by atoms with Gasteiger partial charge in [-0.1, -0.05) is 30.3 Å². The van der Waals surface area contributed by atoms with Gasteiger partial charge >= 0.3 is 0 Å². The zero-order chi connectivity index (χ0) is 13.9. The van der Waals surface area contributed by atoms with E-state index in [1.54, 1.807) is 6.20 Å². The topological polar surface area (TPSA) is 51.8 Å². The molecule has 3 aromatic rings. The third kappa shape index (κ3) is 2.56. The first-order valence-electron chi connectivity index (χ1n) is 6.19. The van der Waals surface area contributed by atoms with Crippen LogP contribution in [0.2, 0.25) is 0 Å². The summed E-state index contributed by atoms with van der Waals surface area (Å²) in [6.45, 7) is 1.92. The molecule has 0 N–H and O–H groups in total.